The Morgan fingerprint density at radius 2 is 2.18 bits per heavy atom. The van der Waals surface area contributed by atoms with Crippen molar-refractivity contribution < 1.29 is 4.79 Å². The van der Waals surface area contributed by atoms with E-state index in [1.807, 2.05) is 26.2 Å². The molecule has 1 aromatic rings. The molecule has 1 aromatic carbocycles. The van der Waals surface area contributed by atoms with E-state index >= 15 is 0 Å². The Bertz CT molecular complexity index is 436. The van der Waals surface area contributed by atoms with E-state index in [0.29, 0.717) is 6.54 Å². The lowest BCUT2D eigenvalue weighted by Crippen LogP contribution is -2.45. The Hall–Kier alpha value is -1.07. The van der Waals surface area contributed by atoms with Crippen molar-refractivity contribution in [1.29, 1.82) is 0 Å². The van der Waals surface area contributed by atoms with E-state index in [-0.39, 0.29) is 5.91 Å². The fourth-order valence-corrected chi connectivity index (χ4v) is 2.32. The fraction of sp³-hybridized carbons (Fsp3) is 0.417. The van der Waals surface area contributed by atoms with Crippen LogP contribution in [0.5, 0.6) is 0 Å². The van der Waals surface area contributed by atoms with Gasteiger partial charge in [0.25, 0.3) is 0 Å². The molecule has 0 bridgehead atoms. The quantitative estimate of drug-likeness (QED) is 0.917. The number of likely N-dealkylation sites (N-methyl/N-ethyl adjacent to an activating group) is 2. The fourth-order valence-electron chi connectivity index (χ4n) is 1.97. The van der Waals surface area contributed by atoms with Gasteiger partial charge in [-0.25, -0.2) is 0 Å². The van der Waals surface area contributed by atoms with Crippen LogP contribution in [-0.4, -0.2) is 39.6 Å². The molecular formula is C12H16BrN3O. The van der Waals surface area contributed by atoms with E-state index in [0.717, 1.165) is 28.9 Å². The summed E-state index contributed by atoms with van der Waals surface area (Å²) in [6.45, 7) is 2.16. The lowest BCUT2D eigenvalue weighted by molar-refractivity contribution is -0.117. The molecule has 17 heavy (non-hydrogen) atoms. The summed E-state index contributed by atoms with van der Waals surface area (Å²) in [6, 6.07) is 6.05. The monoisotopic (exact) mass is 297 g/mol. The van der Waals surface area contributed by atoms with Gasteiger partial charge in [-0.05, 0) is 25.2 Å². The predicted octanol–water partition coefficient (Wildman–Crippen LogP) is 1.45. The molecule has 1 aliphatic heterocycles. The van der Waals surface area contributed by atoms with Gasteiger partial charge in [-0.1, -0.05) is 15.9 Å². The lowest BCUT2D eigenvalue weighted by Gasteiger charge is -2.35. The molecule has 0 unspecified atom stereocenters. The van der Waals surface area contributed by atoms with Gasteiger partial charge in [-0.2, -0.15) is 0 Å². The number of nitrogens with one attached hydrogen (secondary N) is 1. The van der Waals surface area contributed by atoms with Crippen molar-refractivity contribution in [2.45, 2.75) is 0 Å². The van der Waals surface area contributed by atoms with Crippen molar-refractivity contribution in [3.05, 3.63) is 22.7 Å². The van der Waals surface area contributed by atoms with Crippen LogP contribution in [-0.2, 0) is 4.79 Å². The van der Waals surface area contributed by atoms with Crippen molar-refractivity contribution >= 4 is 33.2 Å². The second-order valence-corrected chi connectivity index (χ2v) is 5.03. The molecular weight excluding hydrogens is 282 g/mol. The summed E-state index contributed by atoms with van der Waals surface area (Å²) in [4.78, 5) is 15.7. The maximum absolute atomic E-state index is 11.9. The lowest BCUT2D eigenvalue weighted by atomic mass is 10.1. The van der Waals surface area contributed by atoms with E-state index in [1.54, 1.807) is 4.90 Å². The molecule has 0 saturated heterocycles. The van der Waals surface area contributed by atoms with Crippen LogP contribution < -0.4 is 15.1 Å². The van der Waals surface area contributed by atoms with Crippen LogP contribution in [0.15, 0.2) is 22.7 Å². The Morgan fingerprint density at radius 1 is 1.41 bits per heavy atom. The molecule has 5 heteroatoms. The van der Waals surface area contributed by atoms with Crippen LogP contribution in [0.1, 0.15) is 0 Å². The minimum absolute atomic E-state index is 0.131. The van der Waals surface area contributed by atoms with E-state index in [2.05, 4.69) is 32.2 Å². The highest BCUT2D eigenvalue weighted by molar-refractivity contribution is 9.10. The number of carbonyl (C=O) groups is 1. The summed E-state index contributed by atoms with van der Waals surface area (Å²) in [7, 11) is 3.74. The van der Waals surface area contributed by atoms with Gasteiger partial charge >= 0.3 is 0 Å². The van der Waals surface area contributed by atoms with Gasteiger partial charge in [0.15, 0.2) is 0 Å². The van der Waals surface area contributed by atoms with Crippen molar-refractivity contribution in [1.82, 2.24) is 5.32 Å². The van der Waals surface area contributed by atoms with Gasteiger partial charge in [-0.3, -0.25) is 4.79 Å². The highest BCUT2D eigenvalue weighted by atomic mass is 79.9. The largest absolute Gasteiger partial charge is 0.359 e. The van der Waals surface area contributed by atoms with Crippen LogP contribution in [0, 0.1) is 0 Å². The van der Waals surface area contributed by atoms with Crippen LogP contribution in [0.25, 0.3) is 0 Å². The second kappa shape index (κ2) is 5.06. The van der Waals surface area contributed by atoms with Gasteiger partial charge in [-0.15, -0.1) is 0 Å². The molecule has 1 amide bonds. The predicted molar refractivity (Wildman–Crippen MR) is 73.7 cm³/mol. The Kier molecular flexibility index (Phi) is 3.69. The van der Waals surface area contributed by atoms with Crippen LogP contribution in [0.4, 0.5) is 11.4 Å². The third-order valence-electron chi connectivity index (χ3n) is 2.97. The number of carbonyl (C=O) groups excluding carboxylic acids is 1. The third-order valence-corrected chi connectivity index (χ3v) is 3.46. The van der Waals surface area contributed by atoms with Crippen molar-refractivity contribution in [3.8, 4) is 0 Å². The number of halogens is 1. The molecule has 0 saturated carbocycles. The van der Waals surface area contributed by atoms with Crippen LogP contribution in [0.2, 0.25) is 0 Å². The standard InChI is InChI=1S/C12H16BrN3O/c1-14-5-6-16-8-12(17)15(2)11-7-9(13)3-4-10(11)16/h3-4,7,14H,5-6,8H2,1-2H3. The first-order valence-electron chi connectivity index (χ1n) is 5.59. The maximum atomic E-state index is 11.9. The van der Waals surface area contributed by atoms with Gasteiger partial charge in [0, 0.05) is 24.6 Å². The summed E-state index contributed by atoms with van der Waals surface area (Å²) in [6.07, 6.45) is 0. The zero-order valence-corrected chi connectivity index (χ0v) is 11.6. The average molecular weight is 298 g/mol. The number of fused-ring (bicyclic) bond motifs is 1. The summed E-state index contributed by atoms with van der Waals surface area (Å²) in [5.74, 6) is 0.131. The summed E-state index contributed by atoms with van der Waals surface area (Å²) in [5.41, 5.74) is 2.08. The minimum atomic E-state index is 0.131. The summed E-state index contributed by atoms with van der Waals surface area (Å²) in [5, 5.41) is 3.11. The third kappa shape index (κ3) is 2.45. The molecule has 1 aliphatic rings. The molecule has 0 spiro atoms. The number of hydrogen-bond acceptors (Lipinski definition) is 3. The van der Waals surface area contributed by atoms with Gasteiger partial charge in [0.05, 0.1) is 17.9 Å². The Morgan fingerprint density at radius 3 is 2.88 bits per heavy atom. The minimum Gasteiger partial charge on any atom is -0.359 e. The number of hydrogen-bond donors (Lipinski definition) is 1. The molecule has 0 aliphatic carbocycles. The van der Waals surface area contributed by atoms with Crippen LogP contribution >= 0.6 is 15.9 Å². The first kappa shape index (κ1) is 12.4. The van der Waals surface area contributed by atoms with E-state index < -0.39 is 0 Å². The summed E-state index contributed by atoms with van der Waals surface area (Å²) >= 11 is 3.44. The smallest absolute Gasteiger partial charge is 0.246 e. The van der Waals surface area contributed by atoms with Crippen molar-refractivity contribution in [3.63, 3.8) is 0 Å². The molecule has 0 aromatic heterocycles. The topological polar surface area (TPSA) is 35.6 Å². The Labute approximate surface area is 110 Å². The number of benzene rings is 1. The number of anilines is 2. The number of rotatable bonds is 3. The Balaban J connectivity index is 2.35. The van der Waals surface area contributed by atoms with E-state index in [1.165, 1.54) is 0 Å². The number of amides is 1. The first-order valence-corrected chi connectivity index (χ1v) is 6.38. The molecule has 0 radical (unpaired) electrons. The maximum Gasteiger partial charge on any atom is 0.246 e. The van der Waals surface area contributed by atoms with Crippen molar-refractivity contribution in [2.24, 2.45) is 0 Å². The van der Waals surface area contributed by atoms with Gasteiger partial charge < -0.3 is 15.1 Å². The first-order chi connectivity index (χ1) is 8.13. The highest BCUT2D eigenvalue weighted by Gasteiger charge is 2.26. The molecule has 1 heterocycles. The molecule has 1 N–H and O–H groups in total. The molecule has 0 fully saturated rings. The van der Waals surface area contributed by atoms with Crippen LogP contribution in [0.3, 0.4) is 0 Å². The van der Waals surface area contributed by atoms with Crippen molar-refractivity contribution in [2.75, 3.05) is 43.5 Å². The van der Waals surface area contributed by atoms with Gasteiger partial charge in [0.1, 0.15) is 0 Å². The van der Waals surface area contributed by atoms with E-state index in [9.17, 15) is 4.79 Å². The molecule has 92 valence electrons. The average Bonchev–Trinajstić information content (AvgIpc) is 2.32. The van der Waals surface area contributed by atoms with Gasteiger partial charge in [0.2, 0.25) is 5.91 Å². The highest BCUT2D eigenvalue weighted by Crippen LogP contribution is 2.34. The van der Waals surface area contributed by atoms with E-state index in [4.69, 9.17) is 0 Å². The molecule has 0 atom stereocenters. The zero-order chi connectivity index (χ0) is 12.4. The summed E-state index contributed by atoms with van der Waals surface area (Å²) < 4.78 is 0.992. The molecule has 2 rings (SSSR count). The normalized spacial score (nSPS) is 15.1. The second-order valence-electron chi connectivity index (χ2n) is 4.11. The zero-order valence-electron chi connectivity index (χ0n) is 10.0. The number of nitrogens with zero attached hydrogens (tertiary/aromatic N) is 2. The SMILES string of the molecule is CNCCN1CC(=O)N(C)c2cc(Br)ccc21. The molecule has 4 nitrogen and oxygen atoms in total.